The number of fused-ring (bicyclic) bond motifs is 1. The third kappa shape index (κ3) is 4.24. The quantitative estimate of drug-likeness (QED) is 0.713. The Morgan fingerprint density at radius 1 is 1.20 bits per heavy atom. The molecular weight excluding hydrogens is 341 g/mol. The van der Waals surface area contributed by atoms with Gasteiger partial charge in [-0.1, -0.05) is 12.1 Å². The van der Waals surface area contributed by atoms with Crippen molar-refractivity contribution in [3.63, 3.8) is 0 Å². The number of carbonyl (C=O) groups is 1. The third-order valence-electron chi connectivity index (χ3n) is 3.65. The van der Waals surface area contributed by atoms with Gasteiger partial charge in [0.15, 0.2) is 0 Å². The fourth-order valence-corrected chi connectivity index (χ4v) is 3.15. The molecule has 0 fully saturated rings. The number of benzene rings is 2. The topological polar surface area (TPSA) is 66.1 Å². The molecular formula is C18H16FN3O2S. The minimum Gasteiger partial charge on any atom is -0.338 e. The van der Waals surface area contributed by atoms with E-state index in [1.54, 1.807) is 37.4 Å². The van der Waals surface area contributed by atoms with Crippen molar-refractivity contribution in [2.45, 2.75) is 11.4 Å². The Hall–Kier alpha value is -2.67. The maximum Gasteiger partial charge on any atom is 0.258 e. The lowest BCUT2D eigenvalue weighted by Gasteiger charge is -2.16. The lowest BCUT2D eigenvalue weighted by Crippen LogP contribution is -2.29. The maximum absolute atomic E-state index is 12.9. The molecule has 1 amide bonds. The summed E-state index contributed by atoms with van der Waals surface area (Å²) in [5.41, 5.74) is 0.380. The number of aromatic nitrogens is 2. The van der Waals surface area contributed by atoms with Gasteiger partial charge >= 0.3 is 0 Å². The number of hydrogen-bond acceptors (Lipinski definition) is 4. The summed E-state index contributed by atoms with van der Waals surface area (Å²) in [6, 6.07) is 13.1. The van der Waals surface area contributed by atoms with Gasteiger partial charge < -0.3 is 9.88 Å². The van der Waals surface area contributed by atoms with Crippen molar-refractivity contribution < 1.29 is 9.18 Å². The van der Waals surface area contributed by atoms with Crippen LogP contribution in [0.25, 0.3) is 10.9 Å². The van der Waals surface area contributed by atoms with Crippen molar-refractivity contribution in [3.8, 4) is 0 Å². The highest BCUT2D eigenvalue weighted by molar-refractivity contribution is 8.00. The van der Waals surface area contributed by atoms with E-state index in [-0.39, 0.29) is 29.6 Å². The van der Waals surface area contributed by atoms with Gasteiger partial charge in [0, 0.05) is 11.9 Å². The number of aromatic amines is 1. The summed E-state index contributed by atoms with van der Waals surface area (Å²) in [5.74, 6) is 0.246. The molecule has 0 unspecified atom stereocenters. The molecule has 5 nitrogen and oxygen atoms in total. The zero-order valence-corrected chi connectivity index (χ0v) is 14.3. The summed E-state index contributed by atoms with van der Waals surface area (Å²) in [7, 11) is 1.66. The van der Waals surface area contributed by atoms with Gasteiger partial charge in [-0.2, -0.15) is 0 Å². The molecule has 25 heavy (non-hydrogen) atoms. The van der Waals surface area contributed by atoms with Crippen LogP contribution in [0.4, 0.5) is 4.39 Å². The number of carbonyl (C=O) groups excluding carboxylic acids is 1. The molecule has 0 bridgehead atoms. The van der Waals surface area contributed by atoms with Gasteiger partial charge in [0.25, 0.3) is 5.56 Å². The van der Waals surface area contributed by atoms with E-state index in [4.69, 9.17) is 0 Å². The zero-order chi connectivity index (χ0) is 17.8. The Morgan fingerprint density at radius 2 is 1.92 bits per heavy atom. The summed E-state index contributed by atoms with van der Waals surface area (Å²) in [4.78, 5) is 33.7. The second-order valence-electron chi connectivity index (χ2n) is 5.52. The summed E-state index contributed by atoms with van der Waals surface area (Å²) >= 11 is 1.33. The minimum atomic E-state index is -0.306. The Balaban J connectivity index is 1.65. The van der Waals surface area contributed by atoms with E-state index < -0.39 is 0 Å². The molecule has 0 saturated heterocycles. The molecule has 7 heteroatoms. The van der Waals surface area contributed by atoms with Crippen LogP contribution in [0, 0.1) is 5.82 Å². The van der Waals surface area contributed by atoms with Crippen molar-refractivity contribution in [1.29, 1.82) is 0 Å². The first-order chi connectivity index (χ1) is 12.0. The van der Waals surface area contributed by atoms with Gasteiger partial charge in [-0.3, -0.25) is 9.59 Å². The Morgan fingerprint density at radius 3 is 2.68 bits per heavy atom. The summed E-state index contributed by atoms with van der Waals surface area (Å²) < 4.78 is 12.9. The lowest BCUT2D eigenvalue weighted by atomic mass is 10.2. The molecule has 128 valence electrons. The molecule has 0 atom stereocenters. The molecule has 0 radical (unpaired) electrons. The van der Waals surface area contributed by atoms with E-state index in [0.29, 0.717) is 16.7 Å². The van der Waals surface area contributed by atoms with E-state index in [1.807, 2.05) is 6.07 Å². The van der Waals surface area contributed by atoms with Crippen LogP contribution in [-0.4, -0.2) is 33.6 Å². The van der Waals surface area contributed by atoms with E-state index in [2.05, 4.69) is 9.97 Å². The molecule has 0 spiro atoms. The predicted molar refractivity (Wildman–Crippen MR) is 96.0 cm³/mol. The number of nitrogens with one attached hydrogen (secondary N) is 1. The normalized spacial score (nSPS) is 10.8. The highest BCUT2D eigenvalue weighted by Crippen LogP contribution is 2.18. The van der Waals surface area contributed by atoms with Gasteiger partial charge in [0.1, 0.15) is 11.6 Å². The van der Waals surface area contributed by atoms with E-state index in [9.17, 15) is 14.0 Å². The average molecular weight is 357 g/mol. The van der Waals surface area contributed by atoms with Gasteiger partial charge in [-0.15, -0.1) is 11.8 Å². The molecule has 1 aromatic heterocycles. The zero-order valence-electron chi connectivity index (χ0n) is 13.5. The van der Waals surface area contributed by atoms with E-state index in [0.717, 1.165) is 4.90 Å². The molecule has 0 saturated carbocycles. The molecule has 2 aromatic carbocycles. The number of nitrogens with zero attached hydrogens (tertiary/aromatic N) is 2. The highest BCUT2D eigenvalue weighted by Gasteiger charge is 2.12. The molecule has 1 heterocycles. The van der Waals surface area contributed by atoms with Crippen LogP contribution in [-0.2, 0) is 11.3 Å². The van der Waals surface area contributed by atoms with Crippen molar-refractivity contribution >= 4 is 28.6 Å². The van der Waals surface area contributed by atoms with Crippen LogP contribution in [0.1, 0.15) is 5.82 Å². The second-order valence-corrected chi connectivity index (χ2v) is 6.57. The SMILES string of the molecule is CN(Cc1nc2ccccc2c(=O)[nH]1)C(=O)CSc1ccc(F)cc1. The summed E-state index contributed by atoms with van der Waals surface area (Å²) in [5, 5.41) is 0.520. The first-order valence-electron chi connectivity index (χ1n) is 7.63. The smallest absolute Gasteiger partial charge is 0.258 e. The number of halogens is 1. The molecule has 0 aliphatic carbocycles. The first-order valence-corrected chi connectivity index (χ1v) is 8.62. The highest BCUT2D eigenvalue weighted by atomic mass is 32.2. The van der Waals surface area contributed by atoms with Gasteiger partial charge in [-0.05, 0) is 36.4 Å². The number of thioether (sulfide) groups is 1. The largest absolute Gasteiger partial charge is 0.338 e. The fourth-order valence-electron chi connectivity index (χ4n) is 2.31. The van der Waals surface area contributed by atoms with Crippen LogP contribution < -0.4 is 5.56 Å². The van der Waals surface area contributed by atoms with E-state index in [1.165, 1.54) is 28.8 Å². The Bertz CT molecular complexity index is 956. The van der Waals surface area contributed by atoms with Crippen molar-refractivity contribution in [3.05, 3.63) is 70.5 Å². The number of hydrogen-bond donors (Lipinski definition) is 1. The van der Waals surface area contributed by atoms with Gasteiger partial charge in [0.05, 0.1) is 23.2 Å². The number of amides is 1. The summed E-state index contributed by atoms with van der Waals surface area (Å²) in [6.07, 6.45) is 0. The predicted octanol–water partition coefficient (Wildman–Crippen LogP) is 2.81. The number of para-hydroxylation sites is 1. The van der Waals surface area contributed by atoms with Crippen LogP contribution in [0.5, 0.6) is 0 Å². The monoisotopic (exact) mass is 357 g/mol. The fraction of sp³-hybridized carbons (Fsp3) is 0.167. The molecule has 3 rings (SSSR count). The minimum absolute atomic E-state index is 0.106. The summed E-state index contributed by atoms with van der Waals surface area (Å²) in [6.45, 7) is 0.211. The van der Waals surface area contributed by atoms with Crippen LogP contribution >= 0.6 is 11.8 Å². The number of H-pyrrole nitrogens is 1. The van der Waals surface area contributed by atoms with Crippen LogP contribution in [0.15, 0.2) is 58.2 Å². The Labute approximate surface area is 147 Å². The molecule has 0 aliphatic heterocycles. The first kappa shape index (κ1) is 17.2. The Kier molecular flexibility index (Phi) is 5.14. The van der Waals surface area contributed by atoms with Crippen molar-refractivity contribution in [2.75, 3.05) is 12.8 Å². The average Bonchev–Trinajstić information content (AvgIpc) is 2.61. The van der Waals surface area contributed by atoms with Crippen LogP contribution in [0.3, 0.4) is 0 Å². The van der Waals surface area contributed by atoms with Gasteiger partial charge in [0.2, 0.25) is 5.91 Å². The van der Waals surface area contributed by atoms with Crippen molar-refractivity contribution in [2.24, 2.45) is 0 Å². The second kappa shape index (κ2) is 7.48. The standard InChI is InChI=1S/C18H16FN3O2S/c1-22(17(23)11-25-13-8-6-12(19)7-9-13)10-16-20-15-5-3-2-4-14(15)18(24)21-16/h2-9H,10-11H2,1H3,(H,20,21,24). The van der Waals surface area contributed by atoms with E-state index >= 15 is 0 Å². The van der Waals surface area contributed by atoms with Gasteiger partial charge in [-0.25, -0.2) is 9.37 Å². The lowest BCUT2D eigenvalue weighted by molar-refractivity contribution is -0.127. The van der Waals surface area contributed by atoms with Crippen LogP contribution in [0.2, 0.25) is 0 Å². The molecule has 3 aromatic rings. The third-order valence-corrected chi connectivity index (χ3v) is 4.65. The number of rotatable bonds is 5. The molecule has 1 N–H and O–H groups in total. The maximum atomic E-state index is 12.9. The molecule has 0 aliphatic rings. The van der Waals surface area contributed by atoms with Crippen molar-refractivity contribution in [1.82, 2.24) is 14.9 Å².